The summed E-state index contributed by atoms with van der Waals surface area (Å²) in [6.07, 6.45) is 4.55. The SMILES string of the molecule is CCOc1cc(C=CC(=O)Nc2ccn(C)n2)ccc1OC(F)F. The van der Waals surface area contributed by atoms with Crippen LogP contribution in [-0.2, 0) is 11.8 Å². The van der Waals surface area contributed by atoms with Crippen LogP contribution in [0.1, 0.15) is 12.5 Å². The Hall–Kier alpha value is -2.90. The van der Waals surface area contributed by atoms with Crippen molar-refractivity contribution in [3.63, 3.8) is 0 Å². The smallest absolute Gasteiger partial charge is 0.387 e. The van der Waals surface area contributed by atoms with Crippen molar-refractivity contribution in [3.05, 3.63) is 42.1 Å². The number of aromatic nitrogens is 2. The molecule has 0 bridgehead atoms. The second-order valence-corrected chi connectivity index (χ2v) is 4.71. The van der Waals surface area contributed by atoms with Crippen LogP contribution in [0, 0.1) is 0 Å². The quantitative estimate of drug-likeness (QED) is 0.789. The number of nitrogens with one attached hydrogen (secondary N) is 1. The Balaban J connectivity index is 2.07. The number of carbonyl (C=O) groups excluding carboxylic acids is 1. The average molecular weight is 337 g/mol. The molecular formula is C16H17F2N3O3. The minimum atomic E-state index is -2.94. The van der Waals surface area contributed by atoms with Crippen molar-refractivity contribution in [2.24, 2.45) is 7.05 Å². The van der Waals surface area contributed by atoms with Crippen molar-refractivity contribution in [2.45, 2.75) is 13.5 Å². The zero-order chi connectivity index (χ0) is 17.5. The zero-order valence-corrected chi connectivity index (χ0v) is 13.2. The van der Waals surface area contributed by atoms with E-state index >= 15 is 0 Å². The average Bonchev–Trinajstić information content (AvgIpc) is 2.92. The summed E-state index contributed by atoms with van der Waals surface area (Å²) in [4.78, 5) is 11.8. The van der Waals surface area contributed by atoms with Gasteiger partial charge in [0.25, 0.3) is 0 Å². The first-order chi connectivity index (χ1) is 11.5. The molecule has 0 spiro atoms. The third kappa shape index (κ3) is 5.08. The normalized spacial score (nSPS) is 11.0. The van der Waals surface area contributed by atoms with Gasteiger partial charge in [0.2, 0.25) is 5.91 Å². The number of halogens is 2. The van der Waals surface area contributed by atoms with E-state index in [2.05, 4.69) is 15.2 Å². The highest BCUT2D eigenvalue weighted by Crippen LogP contribution is 2.30. The first kappa shape index (κ1) is 17.5. The molecule has 128 valence electrons. The maximum Gasteiger partial charge on any atom is 0.387 e. The number of rotatable bonds is 7. The molecule has 2 rings (SSSR count). The molecule has 0 atom stereocenters. The molecule has 24 heavy (non-hydrogen) atoms. The molecule has 0 saturated heterocycles. The van der Waals surface area contributed by atoms with Crippen LogP contribution in [0.4, 0.5) is 14.6 Å². The monoisotopic (exact) mass is 337 g/mol. The first-order valence-electron chi connectivity index (χ1n) is 7.18. The molecule has 1 aromatic carbocycles. The molecule has 0 aliphatic rings. The van der Waals surface area contributed by atoms with Crippen molar-refractivity contribution in [2.75, 3.05) is 11.9 Å². The van der Waals surface area contributed by atoms with Gasteiger partial charge in [-0.2, -0.15) is 13.9 Å². The van der Waals surface area contributed by atoms with Gasteiger partial charge in [-0.3, -0.25) is 9.48 Å². The van der Waals surface area contributed by atoms with Gasteiger partial charge in [-0.05, 0) is 30.7 Å². The summed E-state index contributed by atoms with van der Waals surface area (Å²) in [6, 6.07) is 6.10. The van der Waals surface area contributed by atoms with Crippen LogP contribution in [0.5, 0.6) is 11.5 Å². The molecule has 0 fully saturated rings. The lowest BCUT2D eigenvalue weighted by molar-refractivity contribution is -0.111. The largest absolute Gasteiger partial charge is 0.490 e. The Morgan fingerprint density at radius 1 is 1.38 bits per heavy atom. The minimum absolute atomic E-state index is 0.0538. The van der Waals surface area contributed by atoms with E-state index in [0.717, 1.165) is 0 Å². The van der Waals surface area contributed by atoms with E-state index in [1.54, 1.807) is 37.0 Å². The molecular weight excluding hydrogens is 320 g/mol. The van der Waals surface area contributed by atoms with E-state index in [1.165, 1.54) is 24.3 Å². The Morgan fingerprint density at radius 2 is 2.17 bits per heavy atom. The summed E-state index contributed by atoms with van der Waals surface area (Å²) in [5, 5.41) is 6.62. The van der Waals surface area contributed by atoms with Crippen LogP contribution in [0.25, 0.3) is 6.08 Å². The summed E-state index contributed by atoms with van der Waals surface area (Å²) in [5.41, 5.74) is 0.608. The highest BCUT2D eigenvalue weighted by Gasteiger charge is 2.11. The Labute approximate surface area is 137 Å². The number of hydrogen-bond donors (Lipinski definition) is 1. The fourth-order valence-corrected chi connectivity index (χ4v) is 1.91. The van der Waals surface area contributed by atoms with Crippen LogP contribution in [0.3, 0.4) is 0 Å². The Morgan fingerprint density at radius 3 is 2.79 bits per heavy atom. The molecule has 6 nitrogen and oxygen atoms in total. The molecule has 1 aromatic heterocycles. The van der Waals surface area contributed by atoms with Crippen LogP contribution in [0.2, 0.25) is 0 Å². The molecule has 2 aromatic rings. The van der Waals surface area contributed by atoms with Crippen molar-refractivity contribution in [1.82, 2.24) is 9.78 Å². The van der Waals surface area contributed by atoms with E-state index in [1.807, 2.05) is 0 Å². The molecule has 0 radical (unpaired) electrons. The van der Waals surface area contributed by atoms with Crippen molar-refractivity contribution >= 4 is 17.8 Å². The summed E-state index contributed by atoms with van der Waals surface area (Å²) in [7, 11) is 1.74. The number of alkyl halides is 2. The van der Waals surface area contributed by atoms with Crippen LogP contribution in [-0.4, -0.2) is 28.9 Å². The molecule has 1 N–H and O–H groups in total. The Kier molecular flexibility index (Phi) is 5.89. The number of hydrogen-bond acceptors (Lipinski definition) is 4. The highest BCUT2D eigenvalue weighted by molar-refractivity contribution is 6.01. The summed E-state index contributed by atoms with van der Waals surface area (Å²) >= 11 is 0. The van der Waals surface area contributed by atoms with Crippen molar-refractivity contribution in [3.8, 4) is 11.5 Å². The lowest BCUT2D eigenvalue weighted by atomic mass is 10.2. The molecule has 0 saturated carbocycles. The molecule has 1 amide bonds. The topological polar surface area (TPSA) is 65.4 Å². The third-order valence-electron chi connectivity index (χ3n) is 2.88. The second-order valence-electron chi connectivity index (χ2n) is 4.71. The van der Waals surface area contributed by atoms with Gasteiger partial charge in [-0.25, -0.2) is 0 Å². The number of carbonyl (C=O) groups is 1. The number of ether oxygens (including phenoxy) is 2. The van der Waals surface area contributed by atoms with Crippen LogP contribution in [0.15, 0.2) is 36.5 Å². The summed E-state index contributed by atoms with van der Waals surface area (Å²) in [6.45, 7) is -0.906. The predicted octanol–water partition coefficient (Wildman–Crippen LogP) is 3.07. The lowest BCUT2D eigenvalue weighted by Crippen LogP contribution is -2.08. The molecule has 1 heterocycles. The van der Waals surface area contributed by atoms with E-state index in [9.17, 15) is 13.6 Å². The molecule has 0 aliphatic carbocycles. The van der Waals surface area contributed by atoms with Gasteiger partial charge < -0.3 is 14.8 Å². The van der Waals surface area contributed by atoms with Gasteiger partial charge in [0.05, 0.1) is 6.61 Å². The standard InChI is InChI=1S/C16H17F2N3O3/c1-3-23-13-10-11(4-6-12(13)24-16(17)18)5-7-15(22)19-14-8-9-21(2)20-14/h4-10,16H,3H2,1-2H3,(H,19,20,22). The van der Waals surface area contributed by atoms with E-state index < -0.39 is 6.61 Å². The maximum atomic E-state index is 12.4. The third-order valence-corrected chi connectivity index (χ3v) is 2.88. The van der Waals surface area contributed by atoms with E-state index in [4.69, 9.17) is 4.74 Å². The maximum absolute atomic E-state index is 12.4. The van der Waals surface area contributed by atoms with Gasteiger partial charge in [-0.1, -0.05) is 6.07 Å². The summed E-state index contributed by atoms with van der Waals surface area (Å²) < 4.78 is 35.9. The molecule has 0 aliphatic heterocycles. The van der Waals surface area contributed by atoms with Crippen LogP contribution < -0.4 is 14.8 Å². The van der Waals surface area contributed by atoms with Gasteiger partial charge in [0.15, 0.2) is 17.3 Å². The van der Waals surface area contributed by atoms with E-state index in [0.29, 0.717) is 18.0 Å². The van der Waals surface area contributed by atoms with Crippen molar-refractivity contribution in [1.29, 1.82) is 0 Å². The van der Waals surface area contributed by atoms with Gasteiger partial charge in [0, 0.05) is 25.4 Å². The number of anilines is 1. The van der Waals surface area contributed by atoms with Gasteiger partial charge in [-0.15, -0.1) is 0 Å². The van der Waals surface area contributed by atoms with Gasteiger partial charge in [0.1, 0.15) is 0 Å². The van der Waals surface area contributed by atoms with Gasteiger partial charge >= 0.3 is 6.61 Å². The highest BCUT2D eigenvalue weighted by atomic mass is 19.3. The fourth-order valence-electron chi connectivity index (χ4n) is 1.91. The number of amides is 1. The second kappa shape index (κ2) is 8.09. The number of aryl methyl sites for hydroxylation is 1. The number of benzene rings is 1. The Bertz CT molecular complexity index is 729. The van der Waals surface area contributed by atoms with Crippen LogP contribution >= 0.6 is 0 Å². The molecule has 0 unspecified atom stereocenters. The zero-order valence-electron chi connectivity index (χ0n) is 13.2. The summed E-state index contributed by atoms with van der Waals surface area (Å²) in [5.74, 6) is 0.203. The minimum Gasteiger partial charge on any atom is -0.490 e. The first-order valence-corrected chi connectivity index (χ1v) is 7.18. The predicted molar refractivity (Wildman–Crippen MR) is 85.1 cm³/mol. The molecule has 8 heteroatoms. The lowest BCUT2D eigenvalue weighted by Gasteiger charge is -2.11. The van der Waals surface area contributed by atoms with Crippen molar-refractivity contribution < 1.29 is 23.0 Å². The number of nitrogens with zero attached hydrogens (tertiary/aromatic N) is 2. The fraction of sp³-hybridized carbons (Fsp3) is 0.250. The van der Waals surface area contributed by atoms with E-state index in [-0.39, 0.29) is 17.4 Å².